The zero-order valence-corrected chi connectivity index (χ0v) is 13.3. The largest absolute Gasteiger partial charge is 0.478 e. The van der Waals surface area contributed by atoms with Crippen molar-refractivity contribution in [3.63, 3.8) is 0 Å². The van der Waals surface area contributed by atoms with E-state index in [4.69, 9.17) is 58.0 Å². The summed E-state index contributed by atoms with van der Waals surface area (Å²) < 4.78 is 0. The molecule has 0 spiro atoms. The normalized spacial score (nSPS) is 10.7. The van der Waals surface area contributed by atoms with E-state index in [0.29, 0.717) is 16.1 Å². The topological polar surface area (TPSA) is 37.3 Å². The molecule has 0 radical (unpaired) electrons. The summed E-state index contributed by atoms with van der Waals surface area (Å²) >= 11 is 29.9. The third-order valence-electron chi connectivity index (χ3n) is 2.60. The molecular formula is C13H5Cl5O2. The molecule has 7 heteroatoms. The SMILES string of the molecule is O=C(O)c1cc(Cl)ccc1-c1c(Cl)cc(Cl)c(Cl)c1Cl. The Bertz CT molecular complexity index is 712. The van der Waals surface area contributed by atoms with Crippen molar-refractivity contribution in [1.82, 2.24) is 0 Å². The lowest BCUT2D eigenvalue weighted by molar-refractivity contribution is 0.0698. The summed E-state index contributed by atoms with van der Waals surface area (Å²) in [5.41, 5.74) is 0.590. The fourth-order valence-electron chi connectivity index (χ4n) is 1.72. The van der Waals surface area contributed by atoms with Crippen LogP contribution in [0.2, 0.25) is 25.1 Å². The molecule has 0 aromatic heterocycles. The maximum atomic E-state index is 11.3. The molecule has 0 aliphatic carbocycles. The van der Waals surface area contributed by atoms with Crippen LogP contribution in [0.1, 0.15) is 10.4 Å². The van der Waals surface area contributed by atoms with Crippen molar-refractivity contribution >= 4 is 64.0 Å². The lowest BCUT2D eigenvalue weighted by Gasteiger charge is -2.13. The highest BCUT2D eigenvalue weighted by Gasteiger charge is 2.20. The fourth-order valence-corrected chi connectivity index (χ4v) is 3.01. The summed E-state index contributed by atoms with van der Waals surface area (Å²) in [6.07, 6.45) is 0. The van der Waals surface area contributed by atoms with E-state index in [0.717, 1.165) is 0 Å². The molecular weight excluding hydrogens is 365 g/mol. The molecule has 0 aliphatic rings. The van der Waals surface area contributed by atoms with Gasteiger partial charge in [0.25, 0.3) is 0 Å². The van der Waals surface area contributed by atoms with Gasteiger partial charge in [0.1, 0.15) is 0 Å². The molecule has 0 atom stereocenters. The second-order valence-electron chi connectivity index (χ2n) is 3.84. The number of hydrogen-bond acceptors (Lipinski definition) is 1. The van der Waals surface area contributed by atoms with Crippen LogP contribution < -0.4 is 0 Å². The van der Waals surface area contributed by atoms with Crippen LogP contribution >= 0.6 is 58.0 Å². The van der Waals surface area contributed by atoms with Gasteiger partial charge in [-0.1, -0.05) is 64.1 Å². The van der Waals surface area contributed by atoms with Crippen molar-refractivity contribution in [3.8, 4) is 11.1 Å². The van der Waals surface area contributed by atoms with Crippen molar-refractivity contribution in [3.05, 3.63) is 54.9 Å². The summed E-state index contributed by atoms with van der Waals surface area (Å²) in [4.78, 5) is 11.3. The lowest BCUT2D eigenvalue weighted by atomic mass is 9.99. The van der Waals surface area contributed by atoms with Crippen LogP contribution in [0.4, 0.5) is 0 Å². The Kier molecular flexibility index (Phi) is 4.73. The first-order valence-corrected chi connectivity index (χ1v) is 7.08. The molecule has 0 unspecified atom stereocenters. The number of benzene rings is 2. The van der Waals surface area contributed by atoms with Crippen LogP contribution in [0.15, 0.2) is 24.3 Å². The Morgan fingerprint density at radius 3 is 2.15 bits per heavy atom. The van der Waals surface area contributed by atoms with E-state index in [1.165, 1.54) is 18.2 Å². The highest BCUT2D eigenvalue weighted by Crippen LogP contribution is 2.44. The molecule has 2 nitrogen and oxygen atoms in total. The maximum Gasteiger partial charge on any atom is 0.336 e. The Morgan fingerprint density at radius 2 is 1.55 bits per heavy atom. The number of aromatic carboxylic acids is 1. The second-order valence-corrected chi connectivity index (χ2v) is 5.85. The van der Waals surface area contributed by atoms with Gasteiger partial charge in [0.05, 0.1) is 25.7 Å². The molecule has 0 saturated carbocycles. The quantitative estimate of drug-likeness (QED) is 0.496. The van der Waals surface area contributed by atoms with E-state index >= 15 is 0 Å². The first-order chi connectivity index (χ1) is 9.32. The van der Waals surface area contributed by atoms with Crippen molar-refractivity contribution < 1.29 is 9.90 Å². The van der Waals surface area contributed by atoms with Crippen molar-refractivity contribution in [2.24, 2.45) is 0 Å². The summed E-state index contributed by atoms with van der Waals surface area (Å²) in [6, 6.07) is 5.78. The zero-order chi connectivity index (χ0) is 15.0. The molecule has 104 valence electrons. The number of hydrogen-bond donors (Lipinski definition) is 1. The minimum atomic E-state index is -1.15. The average Bonchev–Trinajstić information content (AvgIpc) is 2.37. The molecule has 2 aromatic rings. The third-order valence-corrected chi connectivity index (χ3v) is 4.39. The van der Waals surface area contributed by atoms with Gasteiger partial charge in [0, 0.05) is 10.6 Å². The van der Waals surface area contributed by atoms with E-state index in [1.807, 2.05) is 0 Å². The standard InChI is InChI=1S/C13H5Cl5O2/c14-5-1-2-6(7(3-5)13(19)20)10-8(15)4-9(16)11(17)12(10)18/h1-4H,(H,19,20). The van der Waals surface area contributed by atoms with Crippen LogP contribution in [-0.4, -0.2) is 11.1 Å². The van der Waals surface area contributed by atoms with Gasteiger partial charge in [0.2, 0.25) is 0 Å². The zero-order valence-electron chi connectivity index (χ0n) is 9.55. The number of carbonyl (C=O) groups is 1. The monoisotopic (exact) mass is 368 g/mol. The van der Waals surface area contributed by atoms with Gasteiger partial charge in [-0.3, -0.25) is 0 Å². The molecule has 0 bridgehead atoms. The first kappa shape index (κ1) is 15.7. The minimum absolute atomic E-state index is 0.0281. The van der Waals surface area contributed by atoms with Gasteiger partial charge in [-0.15, -0.1) is 0 Å². The third kappa shape index (κ3) is 2.85. The summed E-state index contributed by atoms with van der Waals surface area (Å²) in [6.45, 7) is 0. The molecule has 2 aromatic carbocycles. The van der Waals surface area contributed by atoms with Gasteiger partial charge in [-0.25, -0.2) is 4.79 Å². The van der Waals surface area contributed by atoms with E-state index in [1.54, 1.807) is 6.07 Å². The van der Waals surface area contributed by atoms with Gasteiger partial charge in [-0.2, -0.15) is 0 Å². The van der Waals surface area contributed by atoms with Gasteiger partial charge < -0.3 is 5.11 Å². The molecule has 0 heterocycles. The smallest absolute Gasteiger partial charge is 0.336 e. The minimum Gasteiger partial charge on any atom is -0.478 e. The van der Waals surface area contributed by atoms with Crippen LogP contribution in [0.5, 0.6) is 0 Å². The van der Waals surface area contributed by atoms with Crippen LogP contribution in [0.3, 0.4) is 0 Å². The predicted octanol–water partition coefficient (Wildman–Crippen LogP) is 6.32. The Hall–Kier alpha value is -0.640. The number of rotatable bonds is 2. The van der Waals surface area contributed by atoms with Gasteiger partial charge in [0.15, 0.2) is 0 Å². The molecule has 0 amide bonds. The van der Waals surface area contributed by atoms with E-state index in [9.17, 15) is 9.90 Å². The Morgan fingerprint density at radius 1 is 0.900 bits per heavy atom. The highest BCUT2D eigenvalue weighted by molar-refractivity contribution is 6.51. The molecule has 0 fully saturated rings. The highest BCUT2D eigenvalue weighted by atomic mass is 35.5. The molecule has 0 saturated heterocycles. The molecule has 0 aliphatic heterocycles. The van der Waals surface area contributed by atoms with Crippen molar-refractivity contribution in [1.29, 1.82) is 0 Å². The lowest BCUT2D eigenvalue weighted by Crippen LogP contribution is -2.00. The van der Waals surface area contributed by atoms with Gasteiger partial charge in [-0.05, 0) is 23.8 Å². The maximum absolute atomic E-state index is 11.3. The Balaban J connectivity index is 2.82. The predicted molar refractivity (Wildman–Crippen MR) is 83.9 cm³/mol. The van der Waals surface area contributed by atoms with Crippen LogP contribution in [-0.2, 0) is 0 Å². The molecule has 20 heavy (non-hydrogen) atoms. The summed E-state index contributed by atoms with van der Waals surface area (Å²) in [5.74, 6) is -1.15. The first-order valence-electron chi connectivity index (χ1n) is 5.19. The van der Waals surface area contributed by atoms with Crippen LogP contribution in [0.25, 0.3) is 11.1 Å². The number of carboxylic acids is 1. The molecule has 2 rings (SSSR count). The Labute approximate surface area is 139 Å². The van der Waals surface area contributed by atoms with E-state index in [-0.39, 0.29) is 25.7 Å². The second kappa shape index (κ2) is 6.00. The summed E-state index contributed by atoms with van der Waals surface area (Å²) in [7, 11) is 0. The average molecular weight is 370 g/mol. The van der Waals surface area contributed by atoms with E-state index < -0.39 is 5.97 Å². The van der Waals surface area contributed by atoms with E-state index in [2.05, 4.69) is 0 Å². The molecule has 1 N–H and O–H groups in total. The number of carboxylic acid groups (broad SMARTS) is 1. The van der Waals surface area contributed by atoms with Gasteiger partial charge >= 0.3 is 5.97 Å². The van der Waals surface area contributed by atoms with Crippen LogP contribution in [0, 0.1) is 0 Å². The summed E-state index contributed by atoms with van der Waals surface area (Å²) in [5, 5.41) is 10.1. The fraction of sp³-hybridized carbons (Fsp3) is 0. The van der Waals surface area contributed by atoms with Crippen molar-refractivity contribution in [2.75, 3.05) is 0 Å². The van der Waals surface area contributed by atoms with Crippen molar-refractivity contribution in [2.45, 2.75) is 0 Å². The number of halogens is 5.